The van der Waals surface area contributed by atoms with Gasteiger partial charge in [0.05, 0.1) is 11.5 Å². The Hall–Kier alpha value is -2.21. The standard InChI is InChI=1S/C17H19N3/c1-13-8-9-14(2)20(13)19-16-10-17(11-16,12-18)15-6-4-3-5-7-15/h3-9,16,19H,10-11H2,1-2H3. The average Bonchev–Trinajstić information content (AvgIpc) is 2.74. The van der Waals surface area contributed by atoms with E-state index < -0.39 is 0 Å². The summed E-state index contributed by atoms with van der Waals surface area (Å²) in [5.41, 5.74) is 6.76. The Morgan fingerprint density at radius 1 is 1.10 bits per heavy atom. The predicted octanol–water partition coefficient (Wildman–Crippen LogP) is 3.27. The second kappa shape index (κ2) is 4.72. The molecule has 1 saturated carbocycles. The van der Waals surface area contributed by atoms with Gasteiger partial charge < -0.3 is 5.43 Å². The van der Waals surface area contributed by atoms with Crippen LogP contribution in [0.4, 0.5) is 0 Å². The van der Waals surface area contributed by atoms with Gasteiger partial charge in [-0.1, -0.05) is 30.3 Å². The Balaban J connectivity index is 1.73. The van der Waals surface area contributed by atoms with E-state index in [0.717, 1.165) is 18.4 Å². The maximum Gasteiger partial charge on any atom is 0.0862 e. The summed E-state index contributed by atoms with van der Waals surface area (Å²) in [7, 11) is 0. The van der Waals surface area contributed by atoms with Crippen LogP contribution in [0.5, 0.6) is 0 Å². The van der Waals surface area contributed by atoms with Crippen LogP contribution in [0.3, 0.4) is 0 Å². The van der Waals surface area contributed by atoms with Gasteiger partial charge in [0.2, 0.25) is 0 Å². The second-order valence-electron chi connectivity index (χ2n) is 5.75. The molecule has 20 heavy (non-hydrogen) atoms. The van der Waals surface area contributed by atoms with E-state index in [1.54, 1.807) is 0 Å². The third-order valence-corrected chi connectivity index (χ3v) is 4.31. The summed E-state index contributed by atoms with van der Waals surface area (Å²) in [6.07, 6.45) is 1.73. The molecule has 0 radical (unpaired) electrons. The van der Waals surface area contributed by atoms with Gasteiger partial charge in [-0.3, -0.25) is 4.68 Å². The zero-order chi connectivity index (χ0) is 14.2. The van der Waals surface area contributed by atoms with Crippen molar-refractivity contribution in [3.63, 3.8) is 0 Å². The molecule has 3 rings (SSSR count). The van der Waals surface area contributed by atoms with Crippen LogP contribution in [0.25, 0.3) is 0 Å². The van der Waals surface area contributed by atoms with Crippen molar-refractivity contribution in [3.05, 3.63) is 59.4 Å². The summed E-state index contributed by atoms with van der Waals surface area (Å²) in [6, 6.07) is 17.2. The number of rotatable bonds is 3. The predicted molar refractivity (Wildman–Crippen MR) is 80.0 cm³/mol. The van der Waals surface area contributed by atoms with Crippen molar-refractivity contribution in [2.45, 2.75) is 38.1 Å². The molecule has 1 fully saturated rings. The number of hydrogen-bond acceptors (Lipinski definition) is 2. The van der Waals surface area contributed by atoms with E-state index in [2.05, 4.69) is 54.3 Å². The van der Waals surface area contributed by atoms with Crippen molar-refractivity contribution < 1.29 is 0 Å². The largest absolute Gasteiger partial charge is 0.323 e. The number of aromatic nitrogens is 1. The number of nitriles is 1. The minimum Gasteiger partial charge on any atom is -0.323 e. The van der Waals surface area contributed by atoms with Crippen molar-refractivity contribution >= 4 is 0 Å². The highest BCUT2D eigenvalue weighted by Crippen LogP contribution is 2.43. The van der Waals surface area contributed by atoms with Crippen LogP contribution in [0, 0.1) is 25.2 Å². The van der Waals surface area contributed by atoms with Gasteiger partial charge in [0.25, 0.3) is 0 Å². The third-order valence-electron chi connectivity index (χ3n) is 4.31. The van der Waals surface area contributed by atoms with Gasteiger partial charge in [-0.15, -0.1) is 0 Å². The van der Waals surface area contributed by atoms with Gasteiger partial charge >= 0.3 is 0 Å². The van der Waals surface area contributed by atoms with E-state index in [-0.39, 0.29) is 5.41 Å². The minimum atomic E-state index is -0.312. The van der Waals surface area contributed by atoms with Gasteiger partial charge in [0, 0.05) is 17.4 Å². The lowest BCUT2D eigenvalue weighted by atomic mass is 9.63. The SMILES string of the molecule is Cc1ccc(C)n1NC1CC(C#N)(c2ccccc2)C1. The molecule has 0 spiro atoms. The molecule has 0 atom stereocenters. The number of benzene rings is 1. The Morgan fingerprint density at radius 3 is 2.25 bits per heavy atom. The zero-order valence-corrected chi connectivity index (χ0v) is 11.9. The second-order valence-corrected chi connectivity index (χ2v) is 5.75. The molecule has 0 amide bonds. The summed E-state index contributed by atoms with van der Waals surface area (Å²) in [5.74, 6) is 0. The van der Waals surface area contributed by atoms with E-state index in [1.807, 2.05) is 18.2 Å². The van der Waals surface area contributed by atoms with E-state index in [1.165, 1.54) is 11.4 Å². The van der Waals surface area contributed by atoms with Crippen LogP contribution >= 0.6 is 0 Å². The molecule has 0 unspecified atom stereocenters. The number of nitrogens with zero attached hydrogens (tertiary/aromatic N) is 2. The maximum atomic E-state index is 9.56. The van der Waals surface area contributed by atoms with E-state index >= 15 is 0 Å². The van der Waals surface area contributed by atoms with E-state index in [4.69, 9.17) is 0 Å². The average molecular weight is 265 g/mol. The molecule has 1 heterocycles. The Bertz CT molecular complexity index is 623. The first-order valence-corrected chi connectivity index (χ1v) is 7.03. The first-order chi connectivity index (χ1) is 9.64. The molecule has 3 heteroatoms. The summed E-state index contributed by atoms with van der Waals surface area (Å²) in [6.45, 7) is 4.18. The fourth-order valence-electron chi connectivity index (χ4n) is 3.08. The lowest BCUT2D eigenvalue weighted by Gasteiger charge is -2.44. The van der Waals surface area contributed by atoms with Crippen LogP contribution < -0.4 is 5.43 Å². The molecule has 1 aliphatic rings. The van der Waals surface area contributed by atoms with Crippen molar-refractivity contribution in [2.24, 2.45) is 0 Å². The lowest BCUT2D eigenvalue weighted by Crippen LogP contribution is -2.50. The highest BCUT2D eigenvalue weighted by Gasteiger charge is 2.46. The fourth-order valence-corrected chi connectivity index (χ4v) is 3.08. The Morgan fingerprint density at radius 2 is 1.70 bits per heavy atom. The molecular formula is C17H19N3. The molecule has 0 bridgehead atoms. The minimum absolute atomic E-state index is 0.312. The lowest BCUT2D eigenvalue weighted by molar-refractivity contribution is 0.273. The first-order valence-electron chi connectivity index (χ1n) is 7.03. The van der Waals surface area contributed by atoms with E-state index in [9.17, 15) is 5.26 Å². The van der Waals surface area contributed by atoms with Crippen LogP contribution in [0.2, 0.25) is 0 Å². The smallest absolute Gasteiger partial charge is 0.0862 e. The number of aryl methyl sites for hydroxylation is 2. The Kier molecular flexibility index (Phi) is 3.02. The van der Waals surface area contributed by atoms with Crippen LogP contribution in [0.15, 0.2) is 42.5 Å². The quantitative estimate of drug-likeness (QED) is 0.925. The van der Waals surface area contributed by atoms with Crippen LogP contribution in [-0.2, 0) is 5.41 Å². The van der Waals surface area contributed by atoms with Crippen LogP contribution in [0.1, 0.15) is 29.8 Å². The summed E-state index contributed by atoms with van der Waals surface area (Å²) < 4.78 is 2.12. The normalized spacial score (nSPS) is 24.8. The summed E-state index contributed by atoms with van der Waals surface area (Å²) >= 11 is 0. The summed E-state index contributed by atoms with van der Waals surface area (Å²) in [4.78, 5) is 0. The number of nitrogens with one attached hydrogen (secondary N) is 1. The van der Waals surface area contributed by atoms with Gasteiger partial charge in [0.15, 0.2) is 0 Å². The highest BCUT2D eigenvalue weighted by atomic mass is 15.4. The van der Waals surface area contributed by atoms with Crippen LogP contribution in [-0.4, -0.2) is 10.7 Å². The molecule has 0 aliphatic heterocycles. The van der Waals surface area contributed by atoms with Gasteiger partial charge in [-0.05, 0) is 44.4 Å². The van der Waals surface area contributed by atoms with Crippen molar-refractivity contribution in [1.82, 2.24) is 4.68 Å². The van der Waals surface area contributed by atoms with E-state index in [0.29, 0.717) is 6.04 Å². The highest BCUT2D eigenvalue weighted by molar-refractivity contribution is 5.38. The number of hydrogen-bond donors (Lipinski definition) is 1. The summed E-state index contributed by atoms with van der Waals surface area (Å²) in [5, 5.41) is 9.56. The molecule has 0 saturated heterocycles. The maximum absolute atomic E-state index is 9.56. The third kappa shape index (κ3) is 1.98. The first kappa shape index (κ1) is 12.8. The molecule has 102 valence electrons. The molecule has 1 aromatic carbocycles. The fraction of sp³-hybridized carbons (Fsp3) is 0.353. The zero-order valence-electron chi connectivity index (χ0n) is 11.9. The topological polar surface area (TPSA) is 40.8 Å². The molecule has 2 aromatic rings. The molecule has 1 N–H and O–H groups in total. The monoisotopic (exact) mass is 265 g/mol. The van der Waals surface area contributed by atoms with Crippen molar-refractivity contribution in [3.8, 4) is 6.07 Å². The van der Waals surface area contributed by atoms with Gasteiger partial charge in [-0.25, -0.2) is 0 Å². The Labute approximate surface area is 119 Å². The molecule has 1 aliphatic carbocycles. The van der Waals surface area contributed by atoms with Gasteiger partial charge in [0.1, 0.15) is 0 Å². The molecule has 3 nitrogen and oxygen atoms in total. The molecule has 1 aromatic heterocycles. The van der Waals surface area contributed by atoms with Crippen molar-refractivity contribution in [2.75, 3.05) is 5.43 Å². The molecular weight excluding hydrogens is 246 g/mol. The van der Waals surface area contributed by atoms with Gasteiger partial charge in [-0.2, -0.15) is 5.26 Å². The van der Waals surface area contributed by atoms with Crippen molar-refractivity contribution in [1.29, 1.82) is 5.26 Å².